The zero-order valence-corrected chi connectivity index (χ0v) is 16.6. The summed E-state index contributed by atoms with van der Waals surface area (Å²) in [6, 6.07) is 8.65. The van der Waals surface area contributed by atoms with Crippen molar-refractivity contribution in [3.05, 3.63) is 35.4 Å². The first-order valence-corrected chi connectivity index (χ1v) is 10.9. The number of rotatable bonds is 9. The highest BCUT2D eigenvalue weighted by Gasteiger charge is 2.11. The average Bonchev–Trinajstić information content (AvgIpc) is 3.15. The highest BCUT2D eigenvalue weighted by molar-refractivity contribution is 7.89. The van der Waals surface area contributed by atoms with E-state index in [1.54, 1.807) is 14.0 Å². The monoisotopic (exact) mass is 381 g/mol. The van der Waals surface area contributed by atoms with Crippen LogP contribution in [0.4, 0.5) is 0 Å². The quantitative estimate of drug-likeness (QED) is 0.336. The number of aliphatic imine (C=N–C) groups is 1. The second-order valence-corrected chi connectivity index (χ2v) is 8.55. The van der Waals surface area contributed by atoms with Crippen LogP contribution in [0, 0.1) is 0 Å². The lowest BCUT2D eigenvalue weighted by molar-refractivity contribution is 0.331. The van der Waals surface area contributed by atoms with E-state index in [4.69, 9.17) is 0 Å². The molecule has 146 valence electrons. The van der Waals surface area contributed by atoms with Gasteiger partial charge in [0.2, 0.25) is 10.0 Å². The Balaban J connectivity index is 1.70. The summed E-state index contributed by atoms with van der Waals surface area (Å²) in [5.74, 6) is 0.745. The first kappa shape index (κ1) is 20.7. The van der Waals surface area contributed by atoms with Gasteiger partial charge in [-0.15, -0.1) is 0 Å². The van der Waals surface area contributed by atoms with Gasteiger partial charge in [0, 0.05) is 33.2 Å². The Labute approximate surface area is 157 Å². The first-order valence-electron chi connectivity index (χ1n) is 9.24. The van der Waals surface area contributed by atoms with Crippen molar-refractivity contribution in [1.29, 1.82) is 0 Å². The van der Waals surface area contributed by atoms with Crippen LogP contribution in [0.3, 0.4) is 0 Å². The van der Waals surface area contributed by atoms with E-state index >= 15 is 0 Å². The Morgan fingerprint density at radius 1 is 1.08 bits per heavy atom. The summed E-state index contributed by atoms with van der Waals surface area (Å²) in [5, 5.41) is 6.34. The molecule has 1 aliphatic heterocycles. The molecule has 3 N–H and O–H groups in total. The zero-order valence-electron chi connectivity index (χ0n) is 15.8. The minimum absolute atomic E-state index is 0.0910. The fourth-order valence-corrected chi connectivity index (χ4v) is 3.47. The first-order chi connectivity index (χ1) is 12.5. The van der Waals surface area contributed by atoms with Crippen molar-refractivity contribution in [2.75, 3.05) is 39.0 Å². The molecule has 1 aromatic rings. The third-order valence-corrected chi connectivity index (χ3v) is 5.83. The maximum absolute atomic E-state index is 11.4. The van der Waals surface area contributed by atoms with Crippen molar-refractivity contribution in [2.45, 2.75) is 32.9 Å². The molecule has 0 aliphatic carbocycles. The van der Waals surface area contributed by atoms with Crippen molar-refractivity contribution in [1.82, 2.24) is 20.3 Å². The van der Waals surface area contributed by atoms with E-state index < -0.39 is 10.0 Å². The SMILES string of the molecule is CCS(=O)(=O)NCCNC(=NC)NCc1ccc(CN2CCCC2)cc1. The zero-order chi connectivity index (χ0) is 18.8. The van der Waals surface area contributed by atoms with Crippen molar-refractivity contribution in [3.8, 4) is 0 Å². The topological polar surface area (TPSA) is 85.8 Å². The molecule has 0 aromatic heterocycles. The smallest absolute Gasteiger partial charge is 0.211 e. The van der Waals surface area contributed by atoms with E-state index in [1.807, 2.05) is 0 Å². The molecule has 0 atom stereocenters. The number of hydrogen-bond donors (Lipinski definition) is 3. The average molecular weight is 382 g/mol. The third-order valence-electron chi connectivity index (χ3n) is 4.43. The molecule has 1 saturated heterocycles. The predicted molar refractivity (Wildman–Crippen MR) is 107 cm³/mol. The van der Waals surface area contributed by atoms with E-state index in [-0.39, 0.29) is 5.75 Å². The standard InChI is InChI=1S/C18H31N5O2S/c1-3-26(24,25)22-11-10-20-18(19-2)21-14-16-6-8-17(9-7-16)15-23-12-4-5-13-23/h6-9,22H,3-5,10-15H2,1-2H3,(H2,19,20,21). The van der Waals surface area contributed by atoms with Gasteiger partial charge in [-0.3, -0.25) is 9.89 Å². The number of hydrogen-bond acceptors (Lipinski definition) is 4. The second kappa shape index (κ2) is 10.5. The van der Waals surface area contributed by atoms with E-state index in [0.717, 1.165) is 6.54 Å². The molecule has 0 amide bonds. The highest BCUT2D eigenvalue weighted by Crippen LogP contribution is 2.13. The van der Waals surface area contributed by atoms with Gasteiger partial charge in [-0.05, 0) is 44.0 Å². The van der Waals surface area contributed by atoms with Gasteiger partial charge in [0.25, 0.3) is 0 Å². The fourth-order valence-electron chi connectivity index (χ4n) is 2.86. The number of likely N-dealkylation sites (tertiary alicyclic amines) is 1. The Morgan fingerprint density at radius 2 is 1.73 bits per heavy atom. The van der Waals surface area contributed by atoms with Crippen LogP contribution in [0.1, 0.15) is 30.9 Å². The van der Waals surface area contributed by atoms with Gasteiger partial charge >= 0.3 is 0 Å². The molecule has 0 bridgehead atoms. The van der Waals surface area contributed by atoms with Crippen LogP contribution in [0.25, 0.3) is 0 Å². The molecule has 1 aliphatic rings. The van der Waals surface area contributed by atoms with E-state index in [2.05, 4.69) is 49.5 Å². The van der Waals surface area contributed by atoms with Crippen molar-refractivity contribution in [2.24, 2.45) is 4.99 Å². The lowest BCUT2D eigenvalue weighted by Crippen LogP contribution is -2.41. The Hall–Kier alpha value is -1.64. The summed E-state index contributed by atoms with van der Waals surface area (Å²) >= 11 is 0. The van der Waals surface area contributed by atoms with Gasteiger partial charge in [0.15, 0.2) is 5.96 Å². The lowest BCUT2D eigenvalue weighted by Gasteiger charge is -2.15. The van der Waals surface area contributed by atoms with E-state index in [1.165, 1.54) is 37.1 Å². The number of nitrogens with zero attached hydrogens (tertiary/aromatic N) is 2. The van der Waals surface area contributed by atoms with Crippen LogP contribution >= 0.6 is 0 Å². The largest absolute Gasteiger partial charge is 0.355 e. The summed E-state index contributed by atoms with van der Waals surface area (Å²) in [5.41, 5.74) is 2.53. The minimum atomic E-state index is -3.15. The molecule has 0 spiro atoms. The van der Waals surface area contributed by atoms with Crippen LogP contribution in [-0.2, 0) is 23.1 Å². The summed E-state index contributed by atoms with van der Waals surface area (Å²) in [4.78, 5) is 6.65. The van der Waals surface area contributed by atoms with E-state index in [9.17, 15) is 8.42 Å². The molecule has 26 heavy (non-hydrogen) atoms. The number of guanidine groups is 1. The van der Waals surface area contributed by atoms with Crippen LogP contribution in [-0.4, -0.2) is 58.3 Å². The van der Waals surface area contributed by atoms with Gasteiger partial charge in [0.1, 0.15) is 0 Å². The molecular formula is C18H31N5O2S. The normalized spacial score (nSPS) is 16.0. The molecule has 1 fully saturated rings. The Kier molecular flexibility index (Phi) is 8.34. The Bertz CT molecular complexity index is 667. The van der Waals surface area contributed by atoms with Crippen molar-refractivity contribution >= 4 is 16.0 Å². The van der Waals surface area contributed by atoms with Gasteiger partial charge < -0.3 is 10.6 Å². The number of nitrogens with one attached hydrogen (secondary N) is 3. The molecule has 0 radical (unpaired) electrons. The van der Waals surface area contributed by atoms with E-state index in [0.29, 0.717) is 25.6 Å². The Morgan fingerprint density at radius 3 is 2.35 bits per heavy atom. The van der Waals surface area contributed by atoms with Crippen LogP contribution in [0.5, 0.6) is 0 Å². The molecular weight excluding hydrogens is 350 g/mol. The number of sulfonamides is 1. The van der Waals surface area contributed by atoms with Gasteiger partial charge in [-0.1, -0.05) is 24.3 Å². The summed E-state index contributed by atoms with van der Waals surface area (Å²) in [6.07, 6.45) is 2.63. The van der Waals surface area contributed by atoms with Crippen molar-refractivity contribution < 1.29 is 8.42 Å². The summed E-state index contributed by atoms with van der Waals surface area (Å²) in [7, 11) is -1.45. The lowest BCUT2D eigenvalue weighted by atomic mass is 10.1. The molecule has 8 heteroatoms. The van der Waals surface area contributed by atoms with Crippen LogP contribution in [0.15, 0.2) is 29.3 Å². The molecule has 1 heterocycles. The summed E-state index contributed by atoms with van der Waals surface area (Å²) in [6.45, 7) is 6.55. The summed E-state index contributed by atoms with van der Waals surface area (Å²) < 4.78 is 25.3. The van der Waals surface area contributed by atoms with Gasteiger partial charge in [-0.2, -0.15) is 0 Å². The maximum Gasteiger partial charge on any atom is 0.211 e. The third kappa shape index (κ3) is 7.31. The molecule has 1 aromatic carbocycles. The minimum Gasteiger partial charge on any atom is -0.355 e. The molecule has 7 nitrogen and oxygen atoms in total. The predicted octanol–water partition coefficient (Wildman–Crippen LogP) is 0.887. The fraction of sp³-hybridized carbons (Fsp3) is 0.611. The van der Waals surface area contributed by atoms with Crippen LogP contribution < -0.4 is 15.4 Å². The second-order valence-electron chi connectivity index (χ2n) is 6.45. The van der Waals surface area contributed by atoms with Crippen LogP contribution in [0.2, 0.25) is 0 Å². The van der Waals surface area contributed by atoms with Gasteiger partial charge in [0.05, 0.1) is 5.75 Å². The molecule has 2 rings (SSSR count). The maximum atomic E-state index is 11.4. The molecule has 0 unspecified atom stereocenters. The van der Waals surface area contributed by atoms with Gasteiger partial charge in [-0.25, -0.2) is 13.1 Å². The number of benzene rings is 1. The molecule has 0 saturated carbocycles. The van der Waals surface area contributed by atoms with Crippen molar-refractivity contribution in [3.63, 3.8) is 0 Å². The highest BCUT2D eigenvalue weighted by atomic mass is 32.2.